The molecule has 2 amide bonds. The highest BCUT2D eigenvalue weighted by Crippen LogP contribution is 2.29. The molecule has 0 bridgehead atoms. The lowest BCUT2D eigenvalue weighted by Gasteiger charge is -2.13. The zero-order valence-corrected chi connectivity index (χ0v) is 16.4. The first-order valence-corrected chi connectivity index (χ1v) is 9.38. The number of amides is 2. The number of hydrogen-bond acceptors (Lipinski definition) is 4. The molecule has 7 heteroatoms. The van der Waals surface area contributed by atoms with Crippen LogP contribution in [0, 0.1) is 0 Å². The Morgan fingerprint density at radius 2 is 1.79 bits per heavy atom. The number of urea groups is 1. The van der Waals surface area contributed by atoms with Crippen molar-refractivity contribution in [2.45, 2.75) is 13.2 Å². The van der Waals surface area contributed by atoms with Crippen LogP contribution in [0.4, 0.5) is 10.5 Å². The highest BCUT2D eigenvalue weighted by molar-refractivity contribution is 6.30. The zero-order valence-electron chi connectivity index (χ0n) is 15.7. The van der Waals surface area contributed by atoms with Gasteiger partial charge >= 0.3 is 6.03 Å². The number of halogens is 1. The van der Waals surface area contributed by atoms with Crippen molar-refractivity contribution in [1.82, 2.24) is 0 Å². The zero-order chi connectivity index (χ0) is 20.2. The quantitative estimate of drug-likeness (QED) is 0.644. The molecule has 0 aliphatic carbocycles. The van der Waals surface area contributed by atoms with E-state index in [1.54, 1.807) is 13.2 Å². The average molecular weight is 408 g/mol. The standard InChI is InChI=1S/C22H18ClN3O3/c1-28-21-10-14(5-8-20(21)29-13-15-3-2-4-16(23)9-15)12-24-17-6-7-18-19(11-17)26-22(27)25-18/h2-11,24H,12-13H2,1H3. The summed E-state index contributed by atoms with van der Waals surface area (Å²) in [7, 11) is 1.61. The molecule has 6 nitrogen and oxygen atoms in total. The van der Waals surface area contributed by atoms with Gasteiger partial charge in [-0.15, -0.1) is 0 Å². The van der Waals surface area contributed by atoms with Gasteiger partial charge in [-0.3, -0.25) is 0 Å². The lowest BCUT2D eigenvalue weighted by Crippen LogP contribution is -2.21. The monoisotopic (exact) mass is 407 g/mol. The summed E-state index contributed by atoms with van der Waals surface area (Å²) in [4.78, 5) is 19.0. The maximum absolute atomic E-state index is 11.3. The highest BCUT2D eigenvalue weighted by atomic mass is 35.5. The minimum atomic E-state index is -0.463. The molecular weight excluding hydrogens is 390 g/mol. The second-order valence-electron chi connectivity index (χ2n) is 6.47. The number of nitrogens with one attached hydrogen (secondary N) is 1. The summed E-state index contributed by atoms with van der Waals surface area (Å²) < 4.78 is 11.4. The fourth-order valence-corrected chi connectivity index (χ4v) is 3.19. The molecule has 0 atom stereocenters. The number of rotatable bonds is 7. The first-order valence-electron chi connectivity index (χ1n) is 9.00. The van der Waals surface area contributed by atoms with Gasteiger partial charge in [-0.05, 0) is 53.6 Å². The molecule has 3 aromatic carbocycles. The number of carbonyl (C=O) groups is 1. The Morgan fingerprint density at radius 1 is 0.931 bits per heavy atom. The Bertz CT molecular complexity index is 1190. The second-order valence-corrected chi connectivity index (χ2v) is 6.90. The molecule has 4 rings (SSSR count). The number of benzene rings is 3. The van der Waals surface area contributed by atoms with Gasteiger partial charge in [-0.2, -0.15) is 9.98 Å². The highest BCUT2D eigenvalue weighted by Gasteiger charge is 2.08. The van der Waals surface area contributed by atoms with Gasteiger partial charge < -0.3 is 14.8 Å². The van der Waals surface area contributed by atoms with Crippen molar-refractivity contribution in [1.29, 1.82) is 0 Å². The van der Waals surface area contributed by atoms with Crippen LogP contribution in [0.25, 0.3) is 0 Å². The number of methoxy groups -OCH3 is 1. The van der Waals surface area contributed by atoms with Gasteiger partial charge in [-0.1, -0.05) is 29.8 Å². The molecule has 0 aromatic heterocycles. The van der Waals surface area contributed by atoms with Gasteiger partial charge in [0.15, 0.2) is 11.5 Å². The smallest absolute Gasteiger partial charge is 0.368 e. The Morgan fingerprint density at radius 3 is 2.62 bits per heavy atom. The molecule has 29 heavy (non-hydrogen) atoms. The number of anilines is 1. The molecule has 1 N–H and O–H groups in total. The molecule has 0 radical (unpaired) electrons. The fraction of sp³-hybridized carbons (Fsp3) is 0.136. The van der Waals surface area contributed by atoms with Gasteiger partial charge in [0.25, 0.3) is 0 Å². The molecule has 3 aromatic rings. The summed E-state index contributed by atoms with van der Waals surface area (Å²) in [6.45, 7) is 0.978. The van der Waals surface area contributed by atoms with Gasteiger partial charge in [0.1, 0.15) is 6.61 Å². The van der Waals surface area contributed by atoms with Crippen LogP contribution < -0.4 is 25.5 Å². The summed E-state index contributed by atoms with van der Waals surface area (Å²) >= 11 is 6.01. The van der Waals surface area contributed by atoms with Gasteiger partial charge in [0, 0.05) is 17.3 Å². The molecule has 0 fully saturated rings. The normalized spacial score (nSPS) is 12.0. The van der Waals surface area contributed by atoms with E-state index in [1.165, 1.54) is 0 Å². The first-order chi connectivity index (χ1) is 14.1. The Hall–Kier alpha value is -3.38. The van der Waals surface area contributed by atoms with E-state index in [1.807, 2.05) is 54.6 Å². The molecule has 0 saturated carbocycles. The largest absolute Gasteiger partial charge is 0.493 e. The van der Waals surface area contributed by atoms with Crippen LogP contribution in [0.5, 0.6) is 11.5 Å². The van der Waals surface area contributed by atoms with E-state index in [0.717, 1.165) is 16.8 Å². The van der Waals surface area contributed by atoms with E-state index < -0.39 is 6.03 Å². The van der Waals surface area contributed by atoms with E-state index in [4.69, 9.17) is 21.1 Å². The van der Waals surface area contributed by atoms with Crippen molar-refractivity contribution in [3.8, 4) is 11.5 Å². The second kappa shape index (κ2) is 8.32. The van der Waals surface area contributed by atoms with Crippen molar-refractivity contribution in [3.63, 3.8) is 0 Å². The molecule has 1 aliphatic heterocycles. The van der Waals surface area contributed by atoms with E-state index >= 15 is 0 Å². The first kappa shape index (κ1) is 19.0. The van der Waals surface area contributed by atoms with E-state index in [9.17, 15) is 4.79 Å². The van der Waals surface area contributed by atoms with E-state index in [-0.39, 0.29) is 0 Å². The Labute approximate surface area is 172 Å². The maximum atomic E-state index is 11.3. The van der Waals surface area contributed by atoms with Crippen LogP contribution >= 0.6 is 11.6 Å². The third kappa shape index (κ3) is 4.55. The number of carbonyl (C=O) groups excluding carboxylic acids is 1. The topological polar surface area (TPSA) is 72.3 Å². The molecule has 146 valence electrons. The number of hydrogen-bond donors (Lipinski definition) is 1. The summed E-state index contributed by atoms with van der Waals surface area (Å²) in [6, 6.07) is 18.3. The lowest BCUT2D eigenvalue weighted by atomic mass is 10.2. The minimum absolute atomic E-state index is 0.400. The fourth-order valence-electron chi connectivity index (χ4n) is 2.98. The maximum Gasteiger partial charge on any atom is 0.368 e. The summed E-state index contributed by atoms with van der Waals surface area (Å²) in [5, 5.41) is 5.18. The van der Waals surface area contributed by atoms with Crippen molar-refractivity contribution in [2.24, 2.45) is 9.98 Å². The third-order valence-electron chi connectivity index (χ3n) is 4.42. The van der Waals surface area contributed by atoms with Gasteiger partial charge in [-0.25, -0.2) is 4.79 Å². The van der Waals surface area contributed by atoms with Crippen LogP contribution in [0.15, 0.2) is 70.6 Å². The van der Waals surface area contributed by atoms with Crippen LogP contribution in [-0.2, 0) is 13.2 Å². The van der Waals surface area contributed by atoms with Gasteiger partial charge in [0.2, 0.25) is 0 Å². The van der Waals surface area contributed by atoms with Crippen molar-refractivity contribution in [3.05, 3.63) is 87.5 Å². The number of nitrogens with zero attached hydrogens (tertiary/aromatic N) is 2. The molecule has 0 saturated heterocycles. The van der Waals surface area contributed by atoms with Gasteiger partial charge in [0.05, 0.1) is 17.8 Å². The summed E-state index contributed by atoms with van der Waals surface area (Å²) in [5.74, 6) is 1.31. The Kier molecular flexibility index (Phi) is 5.44. The van der Waals surface area contributed by atoms with Crippen LogP contribution in [0.1, 0.15) is 11.1 Å². The molecule has 0 unspecified atom stereocenters. The third-order valence-corrected chi connectivity index (χ3v) is 4.65. The van der Waals surface area contributed by atoms with E-state index in [2.05, 4.69) is 15.3 Å². The van der Waals surface area contributed by atoms with Crippen molar-refractivity contribution in [2.75, 3.05) is 12.4 Å². The van der Waals surface area contributed by atoms with Crippen molar-refractivity contribution < 1.29 is 14.3 Å². The number of ether oxygens (including phenoxy) is 2. The molecular formula is C22H18ClN3O3. The van der Waals surface area contributed by atoms with Crippen molar-refractivity contribution >= 4 is 23.3 Å². The van der Waals surface area contributed by atoms with Crippen LogP contribution in [0.2, 0.25) is 5.02 Å². The number of fused-ring (bicyclic) bond motifs is 1. The summed E-state index contributed by atoms with van der Waals surface area (Å²) in [5.41, 5.74) is 2.87. The Balaban J connectivity index is 1.43. The van der Waals surface area contributed by atoms with Crippen LogP contribution in [0.3, 0.4) is 0 Å². The predicted octanol–water partition coefficient (Wildman–Crippen LogP) is 3.91. The SMILES string of the molecule is COc1cc(CNc2ccc3c(c2)=NC(=O)N=3)ccc1OCc1cccc(Cl)c1. The van der Waals surface area contributed by atoms with Crippen LogP contribution in [-0.4, -0.2) is 13.1 Å². The predicted molar refractivity (Wildman–Crippen MR) is 110 cm³/mol. The molecule has 0 spiro atoms. The average Bonchev–Trinajstić information content (AvgIpc) is 3.10. The lowest BCUT2D eigenvalue weighted by molar-refractivity contribution is 0.256. The molecule has 1 heterocycles. The molecule has 1 aliphatic rings. The summed E-state index contributed by atoms with van der Waals surface area (Å²) in [6.07, 6.45) is 0. The van der Waals surface area contributed by atoms with E-state index in [0.29, 0.717) is 40.4 Å². The minimum Gasteiger partial charge on any atom is -0.493 e.